The molecule has 1 aromatic heterocycles. The van der Waals surface area contributed by atoms with E-state index in [1.807, 2.05) is 18.2 Å². The Bertz CT molecular complexity index is 1040. The smallest absolute Gasteiger partial charge is 0.136 e. The Morgan fingerprint density at radius 1 is 1.19 bits per heavy atom. The van der Waals surface area contributed by atoms with Gasteiger partial charge in [0.2, 0.25) is 0 Å². The first-order chi connectivity index (χ1) is 12.7. The Kier molecular flexibility index (Phi) is 4.05. The molecule has 0 radical (unpaired) electrons. The van der Waals surface area contributed by atoms with E-state index >= 15 is 0 Å². The van der Waals surface area contributed by atoms with Gasteiger partial charge in [-0.25, -0.2) is 14.4 Å². The van der Waals surface area contributed by atoms with Gasteiger partial charge in [-0.05, 0) is 23.8 Å². The van der Waals surface area contributed by atoms with Gasteiger partial charge in [-0.3, -0.25) is 4.99 Å². The molecule has 0 saturated heterocycles. The minimum atomic E-state index is -0.380. The molecule has 0 saturated carbocycles. The van der Waals surface area contributed by atoms with Crippen molar-refractivity contribution in [3.63, 3.8) is 0 Å². The topological polar surface area (TPSA) is 47.4 Å². The van der Waals surface area contributed by atoms with Crippen LogP contribution in [0.1, 0.15) is 22.3 Å². The molecular formula is C21H16FN3O. The van der Waals surface area contributed by atoms with Gasteiger partial charge in [0.1, 0.15) is 17.9 Å². The maximum absolute atomic E-state index is 14.8. The van der Waals surface area contributed by atoms with E-state index in [4.69, 9.17) is 9.73 Å². The van der Waals surface area contributed by atoms with Gasteiger partial charge in [0.15, 0.2) is 0 Å². The van der Waals surface area contributed by atoms with Crippen molar-refractivity contribution in [3.8, 4) is 17.0 Å². The summed E-state index contributed by atoms with van der Waals surface area (Å²) in [4.78, 5) is 13.2. The third kappa shape index (κ3) is 2.58. The normalized spacial score (nSPS) is 12.5. The van der Waals surface area contributed by atoms with Crippen molar-refractivity contribution < 1.29 is 9.13 Å². The van der Waals surface area contributed by atoms with Gasteiger partial charge >= 0.3 is 0 Å². The lowest BCUT2D eigenvalue weighted by molar-refractivity contribution is 0.410. The lowest BCUT2D eigenvalue weighted by Crippen LogP contribution is -2.10. The van der Waals surface area contributed by atoms with Crippen LogP contribution in [0.15, 0.2) is 60.5 Å². The third-order valence-corrected chi connectivity index (χ3v) is 4.42. The molecule has 0 amide bonds. The summed E-state index contributed by atoms with van der Waals surface area (Å²) in [7, 11) is 1.52. The third-order valence-electron chi connectivity index (χ3n) is 4.42. The maximum Gasteiger partial charge on any atom is 0.136 e. The SMILES string of the molecule is C=Cc1ccc2c(c1)C(c1c(F)cccc1OC)=NCc1cncnc1-2. The second kappa shape index (κ2) is 6.52. The highest BCUT2D eigenvalue weighted by Crippen LogP contribution is 2.34. The van der Waals surface area contributed by atoms with Gasteiger partial charge in [0.25, 0.3) is 0 Å². The molecule has 0 unspecified atom stereocenters. The highest BCUT2D eigenvalue weighted by Gasteiger charge is 2.24. The van der Waals surface area contributed by atoms with Gasteiger partial charge in [0.05, 0.1) is 30.6 Å². The van der Waals surface area contributed by atoms with Gasteiger partial charge < -0.3 is 4.74 Å². The first-order valence-electron chi connectivity index (χ1n) is 8.16. The molecule has 0 aliphatic carbocycles. The number of hydrogen-bond donors (Lipinski definition) is 0. The zero-order chi connectivity index (χ0) is 18.1. The van der Waals surface area contributed by atoms with E-state index in [1.165, 1.54) is 19.5 Å². The van der Waals surface area contributed by atoms with Crippen LogP contribution in [-0.4, -0.2) is 22.8 Å². The molecule has 5 heteroatoms. The van der Waals surface area contributed by atoms with Gasteiger partial charge in [-0.15, -0.1) is 0 Å². The van der Waals surface area contributed by atoms with E-state index in [1.54, 1.807) is 24.4 Å². The van der Waals surface area contributed by atoms with E-state index in [0.717, 1.165) is 27.9 Å². The van der Waals surface area contributed by atoms with Crippen molar-refractivity contribution in [2.24, 2.45) is 4.99 Å². The number of ether oxygens (including phenoxy) is 1. The Morgan fingerprint density at radius 3 is 2.88 bits per heavy atom. The fourth-order valence-corrected chi connectivity index (χ4v) is 3.18. The van der Waals surface area contributed by atoms with Crippen LogP contribution in [0.4, 0.5) is 4.39 Å². The number of benzene rings is 2. The van der Waals surface area contributed by atoms with Crippen molar-refractivity contribution in [1.29, 1.82) is 0 Å². The van der Waals surface area contributed by atoms with Crippen molar-refractivity contribution in [3.05, 3.63) is 83.6 Å². The number of methoxy groups -OCH3 is 1. The second-order valence-electron chi connectivity index (χ2n) is 5.89. The summed E-state index contributed by atoms with van der Waals surface area (Å²) in [5.74, 6) is 0.0610. The number of aliphatic imine (C=N–C) groups is 1. The van der Waals surface area contributed by atoms with Crippen LogP contribution in [0.2, 0.25) is 0 Å². The monoisotopic (exact) mass is 345 g/mol. The first-order valence-corrected chi connectivity index (χ1v) is 8.16. The molecule has 26 heavy (non-hydrogen) atoms. The van der Waals surface area contributed by atoms with E-state index < -0.39 is 0 Å². The molecule has 0 N–H and O–H groups in total. The van der Waals surface area contributed by atoms with E-state index in [2.05, 4.69) is 16.5 Å². The maximum atomic E-state index is 14.8. The zero-order valence-corrected chi connectivity index (χ0v) is 14.2. The first kappa shape index (κ1) is 16.1. The summed E-state index contributed by atoms with van der Waals surface area (Å²) in [6.45, 7) is 4.19. The molecule has 0 bridgehead atoms. The molecule has 1 aliphatic heterocycles. The highest BCUT2D eigenvalue weighted by atomic mass is 19.1. The molecule has 3 aromatic rings. The Hall–Kier alpha value is -3.34. The minimum absolute atomic E-state index is 0.346. The molecule has 2 aromatic carbocycles. The van der Waals surface area contributed by atoms with Crippen molar-refractivity contribution in [2.45, 2.75) is 6.54 Å². The summed E-state index contributed by atoms with van der Waals surface area (Å²) in [5, 5.41) is 0. The molecule has 0 fully saturated rings. The Morgan fingerprint density at radius 2 is 2.08 bits per heavy atom. The minimum Gasteiger partial charge on any atom is -0.496 e. The predicted octanol–water partition coefficient (Wildman–Crippen LogP) is 4.29. The van der Waals surface area contributed by atoms with Crippen molar-refractivity contribution in [2.75, 3.05) is 7.11 Å². The lowest BCUT2D eigenvalue weighted by Gasteiger charge is -2.15. The van der Waals surface area contributed by atoms with Gasteiger partial charge in [-0.2, -0.15) is 0 Å². The van der Waals surface area contributed by atoms with Gasteiger partial charge in [0, 0.05) is 22.9 Å². The fourth-order valence-electron chi connectivity index (χ4n) is 3.18. The molecular weight excluding hydrogens is 329 g/mol. The van der Waals surface area contributed by atoms with Crippen LogP contribution >= 0.6 is 0 Å². The van der Waals surface area contributed by atoms with E-state index in [9.17, 15) is 4.39 Å². The predicted molar refractivity (Wildman–Crippen MR) is 99.9 cm³/mol. The zero-order valence-electron chi connectivity index (χ0n) is 14.2. The van der Waals surface area contributed by atoms with Crippen LogP contribution < -0.4 is 4.74 Å². The van der Waals surface area contributed by atoms with Crippen LogP contribution in [0.3, 0.4) is 0 Å². The summed E-state index contributed by atoms with van der Waals surface area (Å²) in [6.07, 6.45) is 5.01. The molecule has 0 spiro atoms. The number of fused-ring (bicyclic) bond motifs is 3. The summed E-state index contributed by atoms with van der Waals surface area (Å²) in [5.41, 5.74) is 5.18. The molecule has 4 nitrogen and oxygen atoms in total. The lowest BCUT2D eigenvalue weighted by atomic mass is 9.93. The molecule has 0 atom stereocenters. The number of nitrogens with zero attached hydrogens (tertiary/aromatic N) is 3. The average molecular weight is 345 g/mol. The molecule has 1 aliphatic rings. The quantitative estimate of drug-likeness (QED) is 0.712. The molecule has 2 heterocycles. The van der Waals surface area contributed by atoms with Crippen molar-refractivity contribution in [1.82, 2.24) is 9.97 Å². The van der Waals surface area contributed by atoms with E-state index in [0.29, 0.717) is 23.6 Å². The Balaban J connectivity index is 2.05. The number of rotatable bonds is 3. The number of aromatic nitrogens is 2. The molecule has 4 rings (SSSR count). The summed E-state index contributed by atoms with van der Waals surface area (Å²) < 4.78 is 20.2. The average Bonchev–Trinajstić information content (AvgIpc) is 2.84. The van der Waals surface area contributed by atoms with Gasteiger partial charge in [-0.1, -0.05) is 30.9 Å². The number of hydrogen-bond acceptors (Lipinski definition) is 4. The largest absolute Gasteiger partial charge is 0.496 e. The summed E-state index contributed by atoms with van der Waals surface area (Å²) in [6, 6.07) is 10.6. The molecule has 128 valence electrons. The number of halogens is 1. The summed E-state index contributed by atoms with van der Waals surface area (Å²) >= 11 is 0. The van der Waals surface area contributed by atoms with E-state index in [-0.39, 0.29) is 5.82 Å². The van der Waals surface area contributed by atoms with Crippen LogP contribution in [0, 0.1) is 5.82 Å². The standard InChI is InChI=1S/C21H16FN3O/c1-3-13-7-8-15-16(9-13)21(19-17(22)5-4-6-18(19)26-2)24-11-14-10-23-12-25-20(14)15/h3-10,12H,1,11H2,2H3. The van der Waals surface area contributed by atoms with Crippen LogP contribution in [0.5, 0.6) is 5.75 Å². The van der Waals surface area contributed by atoms with Crippen LogP contribution in [-0.2, 0) is 6.54 Å². The van der Waals surface area contributed by atoms with Crippen molar-refractivity contribution >= 4 is 11.8 Å². The highest BCUT2D eigenvalue weighted by molar-refractivity contribution is 6.18. The van der Waals surface area contributed by atoms with Crippen LogP contribution in [0.25, 0.3) is 17.3 Å². The Labute approximate surface area is 150 Å². The fraction of sp³-hybridized carbons (Fsp3) is 0.0952. The second-order valence-corrected chi connectivity index (χ2v) is 5.89.